The van der Waals surface area contributed by atoms with Crippen molar-refractivity contribution in [3.8, 4) is 0 Å². The lowest BCUT2D eigenvalue weighted by molar-refractivity contribution is 0.0957. The van der Waals surface area contributed by atoms with E-state index in [1.165, 1.54) is 12.1 Å². The van der Waals surface area contributed by atoms with Crippen molar-refractivity contribution in [1.82, 2.24) is 0 Å². The fourth-order valence-corrected chi connectivity index (χ4v) is 1.70. The molecule has 0 radical (unpaired) electrons. The number of furan rings is 1. The number of rotatable bonds is 3. The van der Waals surface area contributed by atoms with Crippen LogP contribution in [0.5, 0.6) is 0 Å². The summed E-state index contributed by atoms with van der Waals surface area (Å²) < 4.78 is 18.8. The fraction of sp³-hybridized carbons (Fsp3) is 0.250. The molecule has 2 nitrogen and oxygen atoms in total. The lowest BCUT2D eigenvalue weighted by Crippen LogP contribution is -1.94. The van der Waals surface area contributed by atoms with Crippen LogP contribution in [0.4, 0.5) is 4.39 Å². The molecule has 0 bridgehead atoms. The van der Waals surface area contributed by atoms with E-state index in [0.29, 0.717) is 12.0 Å². The van der Waals surface area contributed by atoms with Crippen molar-refractivity contribution in [2.24, 2.45) is 0 Å². The average Bonchev–Trinajstić information content (AvgIpc) is 2.69. The van der Waals surface area contributed by atoms with Crippen LogP contribution in [0.25, 0.3) is 11.0 Å². The molecular formula is C12H10ClFO2. The molecule has 0 aliphatic rings. The zero-order valence-corrected chi connectivity index (χ0v) is 9.47. The number of Topliss-reactive ketones (excluding diaryl/α,β-unsaturated/α-hetero) is 1. The van der Waals surface area contributed by atoms with Crippen molar-refractivity contribution in [2.75, 3.05) is 0 Å². The van der Waals surface area contributed by atoms with Crippen LogP contribution in [-0.4, -0.2) is 5.78 Å². The van der Waals surface area contributed by atoms with Crippen LogP contribution < -0.4 is 0 Å². The van der Waals surface area contributed by atoms with E-state index in [9.17, 15) is 9.18 Å². The highest BCUT2D eigenvalue weighted by Crippen LogP contribution is 2.27. The van der Waals surface area contributed by atoms with E-state index < -0.39 is 5.82 Å². The smallest absolute Gasteiger partial charge is 0.198 e. The van der Waals surface area contributed by atoms with Crippen LogP contribution in [0.3, 0.4) is 0 Å². The molecule has 0 aliphatic carbocycles. The Morgan fingerprint density at radius 1 is 1.50 bits per heavy atom. The molecule has 0 unspecified atom stereocenters. The van der Waals surface area contributed by atoms with Crippen molar-refractivity contribution >= 4 is 28.4 Å². The molecule has 2 aromatic rings. The minimum Gasteiger partial charge on any atom is -0.453 e. The van der Waals surface area contributed by atoms with Gasteiger partial charge in [-0.3, -0.25) is 4.79 Å². The van der Waals surface area contributed by atoms with Crippen molar-refractivity contribution in [3.63, 3.8) is 0 Å². The van der Waals surface area contributed by atoms with Gasteiger partial charge in [-0.2, -0.15) is 0 Å². The van der Waals surface area contributed by atoms with E-state index in [4.69, 9.17) is 16.0 Å². The molecule has 0 atom stereocenters. The van der Waals surface area contributed by atoms with Crippen LogP contribution in [0.1, 0.15) is 30.3 Å². The van der Waals surface area contributed by atoms with Crippen molar-refractivity contribution in [2.45, 2.75) is 19.8 Å². The Bertz CT molecular complexity index is 545. The molecule has 0 fully saturated rings. The molecule has 84 valence electrons. The predicted molar refractivity (Wildman–Crippen MR) is 60.4 cm³/mol. The van der Waals surface area contributed by atoms with Crippen LogP contribution in [-0.2, 0) is 0 Å². The largest absolute Gasteiger partial charge is 0.453 e. The highest BCUT2D eigenvalue weighted by Gasteiger charge is 2.15. The molecule has 0 amide bonds. The number of ketones is 1. The Morgan fingerprint density at radius 3 is 2.94 bits per heavy atom. The third-order valence-corrected chi connectivity index (χ3v) is 2.63. The van der Waals surface area contributed by atoms with Crippen molar-refractivity contribution < 1.29 is 13.6 Å². The molecule has 1 heterocycles. The van der Waals surface area contributed by atoms with Gasteiger partial charge in [-0.05, 0) is 24.6 Å². The second kappa shape index (κ2) is 4.26. The number of carbonyl (C=O) groups excluding carboxylic acids is 1. The minimum absolute atomic E-state index is 0.0304. The topological polar surface area (TPSA) is 30.2 Å². The zero-order valence-electron chi connectivity index (χ0n) is 8.72. The number of hydrogen-bond acceptors (Lipinski definition) is 2. The summed E-state index contributed by atoms with van der Waals surface area (Å²) in [6.07, 6.45) is 1.13. The van der Waals surface area contributed by atoms with E-state index in [2.05, 4.69) is 0 Å². The molecule has 0 aliphatic heterocycles. The summed E-state index contributed by atoms with van der Waals surface area (Å²) in [4.78, 5) is 11.6. The van der Waals surface area contributed by atoms with Gasteiger partial charge < -0.3 is 4.42 Å². The Hall–Kier alpha value is -1.35. The molecule has 1 aromatic carbocycles. The van der Waals surface area contributed by atoms with Crippen LogP contribution >= 0.6 is 11.6 Å². The Morgan fingerprint density at radius 2 is 2.25 bits per heavy atom. The van der Waals surface area contributed by atoms with Gasteiger partial charge in [0.2, 0.25) is 0 Å². The first kappa shape index (κ1) is 11.1. The van der Waals surface area contributed by atoms with Gasteiger partial charge in [-0.25, -0.2) is 4.39 Å². The highest BCUT2D eigenvalue weighted by molar-refractivity contribution is 6.31. The molecule has 16 heavy (non-hydrogen) atoms. The number of hydrogen-bond donors (Lipinski definition) is 0. The third kappa shape index (κ3) is 1.83. The fourth-order valence-electron chi connectivity index (χ4n) is 1.54. The predicted octanol–water partition coefficient (Wildman–Crippen LogP) is 4.21. The van der Waals surface area contributed by atoms with Gasteiger partial charge >= 0.3 is 0 Å². The molecule has 2 rings (SSSR count). The standard InChI is InChI=1S/C12H10ClFO2/c1-2-3-9(15)11-6-7-10(16-11)5-4-8(13)12(7)14/h4-6H,2-3H2,1H3. The van der Waals surface area contributed by atoms with Gasteiger partial charge in [-0.15, -0.1) is 0 Å². The first-order valence-corrected chi connectivity index (χ1v) is 5.42. The van der Waals surface area contributed by atoms with Gasteiger partial charge in [0.25, 0.3) is 0 Å². The van der Waals surface area contributed by atoms with E-state index in [0.717, 1.165) is 6.42 Å². The zero-order chi connectivity index (χ0) is 11.7. The van der Waals surface area contributed by atoms with Crippen molar-refractivity contribution in [3.05, 3.63) is 34.8 Å². The third-order valence-electron chi connectivity index (χ3n) is 2.34. The molecule has 0 saturated carbocycles. The number of benzene rings is 1. The van der Waals surface area contributed by atoms with Crippen molar-refractivity contribution in [1.29, 1.82) is 0 Å². The maximum Gasteiger partial charge on any atom is 0.198 e. The number of fused-ring (bicyclic) bond motifs is 1. The first-order valence-electron chi connectivity index (χ1n) is 5.04. The maximum atomic E-state index is 13.6. The van der Waals surface area contributed by atoms with Gasteiger partial charge in [0.05, 0.1) is 10.4 Å². The molecule has 0 N–H and O–H groups in total. The van der Waals surface area contributed by atoms with Crippen LogP contribution in [0.15, 0.2) is 22.6 Å². The quantitative estimate of drug-likeness (QED) is 0.753. The summed E-state index contributed by atoms with van der Waals surface area (Å²) >= 11 is 5.64. The van der Waals surface area contributed by atoms with E-state index in [-0.39, 0.29) is 22.0 Å². The molecule has 0 saturated heterocycles. The Balaban J connectivity index is 2.52. The Kier molecular flexibility index (Phi) is 2.97. The lowest BCUT2D eigenvalue weighted by atomic mass is 10.2. The molecule has 4 heteroatoms. The second-order valence-electron chi connectivity index (χ2n) is 3.56. The van der Waals surface area contributed by atoms with E-state index in [1.807, 2.05) is 6.92 Å². The van der Waals surface area contributed by atoms with Gasteiger partial charge in [0.1, 0.15) is 5.58 Å². The van der Waals surface area contributed by atoms with Gasteiger partial charge in [-0.1, -0.05) is 18.5 Å². The van der Waals surface area contributed by atoms with E-state index >= 15 is 0 Å². The summed E-state index contributed by atoms with van der Waals surface area (Å²) in [6.45, 7) is 1.90. The summed E-state index contributed by atoms with van der Waals surface area (Å²) in [7, 11) is 0. The minimum atomic E-state index is -0.543. The number of carbonyl (C=O) groups is 1. The molecule has 0 spiro atoms. The second-order valence-corrected chi connectivity index (χ2v) is 3.96. The summed E-state index contributed by atoms with van der Waals surface area (Å²) in [5.41, 5.74) is 0.348. The lowest BCUT2D eigenvalue weighted by Gasteiger charge is -1.92. The molecular weight excluding hydrogens is 231 g/mol. The first-order chi connectivity index (χ1) is 7.63. The summed E-state index contributed by atoms with van der Waals surface area (Å²) in [5.74, 6) is -0.467. The monoisotopic (exact) mass is 240 g/mol. The normalized spacial score (nSPS) is 10.9. The number of halogens is 2. The maximum absolute atomic E-state index is 13.6. The average molecular weight is 241 g/mol. The van der Waals surface area contributed by atoms with E-state index in [1.54, 1.807) is 6.07 Å². The van der Waals surface area contributed by atoms with Gasteiger partial charge in [0, 0.05) is 6.42 Å². The van der Waals surface area contributed by atoms with Crippen LogP contribution in [0.2, 0.25) is 5.02 Å². The van der Waals surface area contributed by atoms with Gasteiger partial charge in [0.15, 0.2) is 17.4 Å². The Labute approximate surface area is 97.0 Å². The summed E-state index contributed by atoms with van der Waals surface area (Å²) in [5, 5.41) is 0.287. The SMILES string of the molecule is CCCC(=O)c1cc2c(F)c(Cl)ccc2o1. The highest BCUT2D eigenvalue weighted by atomic mass is 35.5. The molecule has 1 aromatic heterocycles. The summed E-state index contributed by atoms with van der Waals surface area (Å²) in [6, 6.07) is 4.38. The van der Waals surface area contributed by atoms with Crippen LogP contribution in [0, 0.1) is 5.82 Å².